The molecule has 0 aliphatic carbocycles. The van der Waals surface area contributed by atoms with Gasteiger partial charge in [0.1, 0.15) is 0 Å². The van der Waals surface area contributed by atoms with Crippen LogP contribution in [0.25, 0.3) is 5.69 Å². The topological polar surface area (TPSA) is 50.2 Å². The molecule has 1 heterocycles. The summed E-state index contributed by atoms with van der Waals surface area (Å²) in [6, 6.07) is 16.5. The molecule has 0 saturated heterocycles. The third-order valence-electron chi connectivity index (χ3n) is 5.92. The average Bonchev–Trinajstić information content (AvgIpc) is 3.02. The van der Waals surface area contributed by atoms with Gasteiger partial charge < -0.3 is 5.32 Å². The smallest absolute Gasteiger partial charge is 0.238 e. The van der Waals surface area contributed by atoms with Gasteiger partial charge in [0.15, 0.2) is 0 Å². The molecule has 1 amide bonds. The minimum Gasteiger partial charge on any atom is -0.324 e. The van der Waals surface area contributed by atoms with Crippen molar-refractivity contribution < 1.29 is 4.79 Å². The van der Waals surface area contributed by atoms with E-state index >= 15 is 0 Å². The first-order valence-corrected chi connectivity index (χ1v) is 11.4. The van der Waals surface area contributed by atoms with Crippen LogP contribution in [0.3, 0.4) is 0 Å². The van der Waals surface area contributed by atoms with E-state index in [4.69, 9.17) is 5.10 Å². The van der Waals surface area contributed by atoms with Gasteiger partial charge in [-0.2, -0.15) is 5.10 Å². The highest BCUT2D eigenvalue weighted by Crippen LogP contribution is 2.32. The number of hydrogen-bond donors (Lipinski definition) is 1. The van der Waals surface area contributed by atoms with Crippen molar-refractivity contribution in [2.75, 3.05) is 18.9 Å². The summed E-state index contributed by atoms with van der Waals surface area (Å²) in [6.45, 7) is 13.8. The quantitative estimate of drug-likeness (QED) is 0.489. The fourth-order valence-corrected chi connectivity index (χ4v) is 4.17. The van der Waals surface area contributed by atoms with Gasteiger partial charge in [-0.15, -0.1) is 0 Å². The number of para-hydroxylation sites is 2. The van der Waals surface area contributed by atoms with Crippen LogP contribution < -0.4 is 5.32 Å². The maximum Gasteiger partial charge on any atom is 0.238 e. The summed E-state index contributed by atoms with van der Waals surface area (Å²) < 4.78 is 1.98. The van der Waals surface area contributed by atoms with Crippen molar-refractivity contribution in [3.8, 4) is 5.69 Å². The number of nitrogens with one attached hydrogen (secondary N) is 1. The Balaban J connectivity index is 1.74. The molecule has 32 heavy (non-hydrogen) atoms. The summed E-state index contributed by atoms with van der Waals surface area (Å²) in [6.07, 6.45) is 0. The van der Waals surface area contributed by atoms with Gasteiger partial charge in [0.25, 0.3) is 0 Å². The lowest BCUT2D eigenvalue weighted by molar-refractivity contribution is -0.117. The third-order valence-corrected chi connectivity index (χ3v) is 5.92. The van der Waals surface area contributed by atoms with Crippen LogP contribution in [0.15, 0.2) is 48.5 Å². The van der Waals surface area contributed by atoms with Crippen LogP contribution in [-0.4, -0.2) is 34.2 Å². The lowest BCUT2D eigenvalue weighted by atomic mass is 9.92. The van der Waals surface area contributed by atoms with Crippen LogP contribution in [-0.2, 0) is 11.3 Å². The number of carbonyl (C=O) groups is 1. The Hall–Kier alpha value is -2.92. The lowest BCUT2D eigenvalue weighted by Gasteiger charge is -2.22. The van der Waals surface area contributed by atoms with E-state index in [2.05, 4.69) is 75.2 Å². The summed E-state index contributed by atoms with van der Waals surface area (Å²) >= 11 is 0. The van der Waals surface area contributed by atoms with Crippen molar-refractivity contribution in [1.82, 2.24) is 14.7 Å². The zero-order chi connectivity index (χ0) is 23.4. The number of benzene rings is 2. The van der Waals surface area contributed by atoms with Crippen molar-refractivity contribution >= 4 is 11.6 Å². The first-order chi connectivity index (χ1) is 15.2. The highest BCUT2D eigenvalue weighted by Gasteiger charge is 2.19. The van der Waals surface area contributed by atoms with Crippen LogP contribution in [0.1, 0.15) is 67.6 Å². The standard InChI is InChI=1S/C27H36N4O/c1-18(2)23-14-11-15-24(19(3)4)27(23)28-26(32)17-30(7)16-25-20(5)29-31(21(25)6)22-12-9-8-10-13-22/h8-15,18-19H,16-17H2,1-7H3,(H,28,32). The van der Waals surface area contributed by atoms with Gasteiger partial charge in [-0.1, -0.05) is 64.1 Å². The highest BCUT2D eigenvalue weighted by atomic mass is 16.2. The Labute approximate surface area is 192 Å². The summed E-state index contributed by atoms with van der Waals surface area (Å²) in [4.78, 5) is 15.0. The Morgan fingerprint density at radius 3 is 2.12 bits per heavy atom. The maximum atomic E-state index is 13.0. The molecule has 0 aliphatic heterocycles. The van der Waals surface area contributed by atoms with Crippen LogP contribution in [0.2, 0.25) is 0 Å². The van der Waals surface area contributed by atoms with Crippen molar-refractivity contribution in [3.63, 3.8) is 0 Å². The second kappa shape index (κ2) is 10.1. The molecule has 0 fully saturated rings. The highest BCUT2D eigenvalue weighted by molar-refractivity contribution is 5.94. The Morgan fingerprint density at radius 1 is 0.969 bits per heavy atom. The van der Waals surface area contributed by atoms with Crippen LogP contribution in [0.5, 0.6) is 0 Å². The molecule has 170 valence electrons. The minimum atomic E-state index is 0.00765. The summed E-state index contributed by atoms with van der Waals surface area (Å²) in [7, 11) is 1.98. The number of carbonyl (C=O) groups excluding carboxylic acids is 1. The number of hydrogen-bond acceptors (Lipinski definition) is 3. The molecule has 0 unspecified atom stereocenters. The number of aromatic nitrogens is 2. The van der Waals surface area contributed by atoms with E-state index in [0.717, 1.165) is 28.3 Å². The molecule has 5 heteroatoms. The molecular weight excluding hydrogens is 396 g/mol. The SMILES string of the molecule is Cc1nn(-c2ccccc2)c(C)c1CN(C)CC(=O)Nc1c(C(C)C)cccc1C(C)C. The Morgan fingerprint density at radius 2 is 1.56 bits per heavy atom. The molecule has 0 radical (unpaired) electrons. The van der Waals surface area contributed by atoms with Crippen LogP contribution >= 0.6 is 0 Å². The molecule has 0 spiro atoms. The van der Waals surface area contributed by atoms with Crippen LogP contribution in [0.4, 0.5) is 5.69 Å². The summed E-state index contributed by atoms with van der Waals surface area (Å²) in [5.41, 5.74) is 7.64. The molecule has 0 atom stereocenters. The van der Waals surface area contributed by atoms with Gasteiger partial charge in [0.05, 0.1) is 17.9 Å². The number of likely N-dealkylation sites (N-methyl/N-ethyl adjacent to an activating group) is 1. The van der Waals surface area contributed by atoms with E-state index in [0.29, 0.717) is 24.9 Å². The van der Waals surface area contributed by atoms with Gasteiger partial charge >= 0.3 is 0 Å². The molecule has 0 saturated carbocycles. The molecule has 1 N–H and O–H groups in total. The largest absolute Gasteiger partial charge is 0.324 e. The molecular formula is C27H36N4O. The fourth-order valence-electron chi connectivity index (χ4n) is 4.17. The third kappa shape index (κ3) is 5.28. The first kappa shape index (κ1) is 23.7. The monoisotopic (exact) mass is 432 g/mol. The zero-order valence-corrected chi connectivity index (χ0v) is 20.4. The van der Waals surface area contributed by atoms with Gasteiger partial charge in [0, 0.05) is 23.5 Å². The lowest BCUT2D eigenvalue weighted by Crippen LogP contribution is -2.31. The summed E-state index contributed by atoms with van der Waals surface area (Å²) in [5.74, 6) is 0.694. The molecule has 3 aromatic rings. The van der Waals surface area contributed by atoms with E-state index < -0.39 is 0 Å². The first-order valence-electron chi connectivity index (χ1n) is 11.4. The molecule has 1 aromatic heterocycles. The van der Waals surface area contributed by atoms with Gasteiger partial charge in [-0.25, -0.2) is 4.68 Å². The minimum absolute atomic E-state index is 0.00765. The van der Waals surface area contributed by atoms with E-state index in [9.17, 15) is 4.79 Å². The molecule has 0 aliphatic rings. The van der Waals surface area contributed by atoms with Crippen LogP contribution in [0, 0.1) is 13.8 Å². The van der Waals surface area contributed by atoms with Gasteiger partial charge in [-0.05, 0) is 56.0 Å². The number of nitrogens with zero attached hydrogens (tertiary/aromatic N) is 3. The molecule has 5 nitrogen and oxygen atoms in total. The van der Waals surface area contributed by atoms with E-state index in [1.165, 1.54) is 11.1 Å². The van der Waals surface area contributed by atoms with E-state index in [-0.39, 0.29) is 5.91 Å². The number of rotatable bonds is 8. The van der Waals surface area contributed by atoms with Gasteiger partial charge in [0.2, 0.25) is 5.91 Å². The number of amides is 1. The molecule has 3 rings (SSSR count). The van der Waals surface area contributed by atoms with Crippen molar-refractivity contribution in [1.29, 1.82) is 0 Å². The second-order valence-electron chi connectivity index (χ2n) is 9.24. The normalized spacial score (nSPS) is 11.6. The number of aryl methyl sites for hydroxylation is 1. The van der Waals surface area contributed by atoms with Crippen molar-refractivity contribution in [2.45, 2.75) is 59.9 Å². The number of anilines is 1. The van der Waals surface area contributed by atoms with Crippen molar-refractivity contribution in [2.24, 2.45) is 0 Å². The fraction of sp³-hybridized carbons (Fsp3) is 0.407. The maximum absolute atomic E-state index is 13.0. The van der Waals surface area contributed by atoms with Crippen molar-refractivity contribution in [3.05, 3.63) is 76.6 Å². The zero-order valence-electron chi connectivity index (χ0n) is 20.4. The summed E-state index contributed by atoms with van der Waals surface area (Å²) in [5, 5.41) is 7.95. The second-order valence-corrected chi connectivity index (χ2v) is 9.24. The van der Waals surface area contributed by atoms with E-state index in [1.54, 1.807) is 0 Å². The predicted molar refractivity (Wildman–Crippen MR) is 133 cm³/mol. The van der Waals surface area contributed by atoms with E-state index in [1.807, 2.05) is 36.9 Å². The predicted octanol–water partition coefficient (Wildman–Crippen LogP) is 5.81. The van der Waals surface area contributed by atoms with Gasteiger partial charge in [-0.3, -0.25) is 9.69 Å². The Kier molecular flexibility index (Phi) is 7.52. The molecule has 2 aromatic carbocycles. The molecule has 0 bridgehead atoms. The Bertz CT molecular complexity index is 1040. The average molecular weight is 433 g/mol.